The van der Waals surface area contributed by atoms with E-state index in [1.54, 1.807) is 18.2 Å². The fourth-order valence-corrected chi connectivity index (χ4v) is 4.02. The van der Waals surface area contributed by atoms with Gasteiger partial charge in [-0.1, -0.05) is 55.8 Å². The van der Waals surface area contributed by atoms with Crippen LogP contribution in [0.1, 0.15) is 25.0 Å². The van der Waals surface area contributed by atoms with E-state index in [4.69, 9.17) is 11.6 Å². The molecule has 0 saturated carbocycles. The Kier molecular flexibility index (Phi) is 5.02. The number of carbonyl (C=O) groups is 2. The summed E-state index contributed by atoms with van der Waals surface area (Å²) in [5.74, 6) is -0.558. The van der Waals surface area contributed by atoms with Crippen LogP contribution in [0, 0.1) is 6.92 Å². The highest BCUT2D eigenvalue weighted by Crippen LogP contribution is 2.40. The lowest BCUT2D eigenvalue weighted by Gasteiger charge is -2.18. The van der Waals surface area contributed by atoms with Crippen LogP contribution in [-0.2, 0) is 9.59 Å². The SMILES string of the molecule is Cc1cc(Cl)ccc1N1C(=O)C(SC(C)C)=C(c2ccccc2)C1=O. The van der Waals surface area contributed by atoms with E-state index in [0.717, 1.165) is 11.1 Å². The van der Waals surface area contributed by atoms with Gasteiger partial charge in [0.05, 0.1) is 16.2 Å². The van der Waals surface area contributed by atoms with Gasteiger partial charge in [-0.2, -0.15) is 0 Å². The summed E-state index contributed by atoms with van der Waals surface area (Å²) >= 11 is 7.44. The van der Waals surface area contributed by atoms with Crippen molar-refractivity contribution in [3.63, 3.8) is 0 Å². The lowest BCUT2D eigenvalue weighted by atomic mass is 10.1. The van der Waals surface area contributed by atoms with Gasteiger partial charge >= 0.3 is 0 Å². The molecule has 128 valence electrons. The van der Waals surface area contributed by atoms with Crippen LogP contribution in [0.15, 0.2) is 53.4 Å². The second-order valence-corrected chi connectivity index (χ2v) is 8.14. The molecule has 2 amide bonds. The maximum absolute atomic E-state index is 13.1. The molecule has 0 radical (unpaired) electrons. The van der Waals surface area contributed by atoms with Crippen LogP contribution in [0.5, 0.6) is 0 Å². The highest BCUT2D eigenvalue weighted by Gasteiger charge is 2.40. The van der Waals surface area contributed by atoms with Gasteiger partial charge in [0.15, 0.2) is 0 Å². The van der Waals surface area contributed by atoms with E-state index in [0.29, 0.717) is 21.2 Å². The Morgan fingerprint density at radius 2 is 1.68 bits per heavy atom. The number of carbonyl (C=O) groups excluding carboxylic acids is 2. The molecule has 3 nitrogen and oxygen atoms in total. The first kappa shape index (κ1) is 17.8. The molecule has 25 heavy (non-hydrogen) atoms. The molecule has 1 heterocycles. The van der Waals surface area contributed by atoms with Crippen LogP contribution < -0.4 is 4.90 Å². The Labute approximate surface area is 156 Å². The highest BCUT2D eigenvalue weighted by atomic mass is 35.5. The van der Waals surface area contributed by atoms with E-state index in [9.17, 15) is 9.59 Å². The number of amides is 2. The lowest BCUT2D eigenvalue weighted by Crippen LogP contribution is -2.32. The fourth-order valence-electron chi connectivity index (χ4n) is 2.80. The van der Waals surface area contributed by atoms with Crippen molar-refractivity contribution in [1.29, 1.82) is 0 Å². The van der Waals surface area contributed by atoms with Crippen molar-refractivity contribution in [1.82, 2.24) is 0 Å². The largest absolute Gasteiger partial charge is 0.272 e. The minimum absolute atomic E-state index is 0.191. The summed E-state index contributed by atoms with van der Waals surface area (Å²) in [6, 6.07) is 14.5. The monoisotopic (exact) mass is 371 g/mol. The number of nitrogens with zero attached hydrogens (tertiary/aromatic N) is 1. The first-order valence-corrected chi connectivity index (χ1v) is 9.27. The lowest BCUT2D eigenvalue weighted by molar-refractivity contribution is -0.119. The van der Waals surface area contributed by atoms with Gasteiger partial charge in [-0.05, 0) is 36.2 Å². The number of halogens is 1. The minimum Gasteiger partial charge on any atom is -0.268 e. The van der Waals surface area contributed by atoms with Crippen molar-refractivity contribution in [2.24, 2.45) is 0 Å². The zero-order valence-electron chi connectivity index (χ0n) is 14.2. The molecule has 5 heteroatoms. The molecule has 2 aromatic rings. The number of anilines is 1. The summed E-state index contributed by atoms with van der Waals surface area (Å²) in [5, 5.41) is 0.769. The smallest absolute Gasteiger partial charge is 0.268 e. The van der Waals surface area contributed by atoms with E-state index in [2.05, 4.69) is 0 Å². The van der Waals surface area contributed by atoms with E-state index >= 15 is 0 Å². The van der Waals surface area contributed by atoms with Crippen molar-refractivity contribution in [2.45, 2.75) is 26.0 Å². The first-order valence-electron chi connectivity index (χ1n) is 8.01. The Hall–Kier alpha value is -2.04. The van der Waals surface area contributed by atoms with Gasteiger partial charge in [-0.15, -0.1) is 11.8 Å². The molecule has 1 aliphatic heterocycles. The molecule has 0 fully saturated rings. The van der Waals surface area contributed by atoms with E-state index in [-0.39, 0.29) is 17.1 Å². The summed E-state index contributed by atoms with van der Waals surface area (Å²) in [7, 11) is 0. The Morgan fingerprint density at radius 1 is 1.00 bits per heavy atom. The van der Waals surface area contributed by atoms with Crippen molar-refractivity contribution >= 4 is 46.4 Å². The number of hydrogen-bond acceptors (Lipinski definition) is 3. The molecule has 1 aliphatic rings. The topological polar surface area (TPSA) is 37.4 Å². The third-order valence-corrected chi connectivity index (χ3v) is 5.18. The van der Waals surface area contributed by atoms with Crippen LogP contribution >= 0.6 is 23.4 Å². The van der Waals surface area contributed by atoms with Gasteiger partial charge in [0.1, 0.15) is 0 Å². The van der Waals surface area contributed by atoms with Crippen molar-refractivity contribution < 1.29 is 9.59 Å². The minimum atomic E-state index is -0.287. The number of rotatable bonds is 4. The van der Waals surface area contributed by atoms with Crippen LogP contribution in [0.4, 0.5) is 5.69 Å². The van der Waals surface area contributed by atoms with Crippen LogP contribution in [-0.4, -0.2) is 17.1 Å². The molecule has 0 spiro atoms. The molecule has 3 rings (SSSR count). The second-order valence-electron chi connectivity index (χ2n) is 6.11. The normalized spacial score (nSPS) is 14.8. The molecule has 0 aliphatic carbocycles. The van der Waals surface area contributed by atoms with Crippen molar-refractivity contribution in [2.75, 3.05) is 4.90 Å². The number of benzene rings is 2. The summed E-state index contributed by atoms with van der Waals surface area (Å²) < 4.78 is 0. The van der Waals surface area contributed by atoms with Crippen LogP contribution in [0.3, 0.4) is 0 Å². The van der Waals surface area contributed by atoms with Crippen LogP contribution in [0.25, 0.3) is 5.57 Å². The number of imide groups is 1. The van der Waals surface area contributed by atoms with E-state index in [1.807, 2.05) is 51.1 Å². The van der Waals surface area contributed by atoms with Gasteiger partial charge in [0.2, 0.25) is 0 Å². The molecular formula is C20H18ClNO2S. The fraction of sp³-hybridized carbons (Fsp3) is 0.200. The van der Waals surface area contributed by atoms with Crippen molar-refractivity contribution in [3.8, 4) is 0 Å². The average molecular weight is 372 g/mol. The van der Waals surface area contributed by atoms with Crippen molar-refractivity contribution in [3.05, 3.63) is 69.6 Å². The quantitative estimate of drug-likeness (QED) is 0.704. The molecule has 2 aromatic carbocycles. The van der Waals surface area contributed by atoms with Gasteiger partial charge in [-0.3, -0.25) is 9.59 Å². The Balaban J connectivity index is 2.12. The van der Waals surface area contributed by atoms with Gasteiger partial charge < -0.3 is 0 Å². The zero-order chi connectivity index (χ0) is 18.1. The average Bonchev–Trinajstić information content (AvgIpc) is 2.79. The van der Waals surface area contributed by atoms with Gasteiger partial charge in [-0.25, -0.2) is 4.90 Å². The third-order valence-electron chi connectivity index (χ3n) is 3.86. The molecule has 0 N–H and O–H groups in total. The highest BCUT2D eigenvalue weighted by molar-refractivity contribution is 8.04. The van der Waals surface area contributed by atoms with Gasteiger partial charge in [0, 0.05) is 10.3 Å². The predicted molar refractivity (Wildman–Crippen MR) is 105 cm³/mol. The standard InChI is InChI=1S/C20H18ClNO2S/c1-12(2)25-18-17(14-7-5-4-6-8-14)19(23)22(20(18)24)16-10-9-15(21)11-13(16)3/h4-12H,1-3H3. The zero-order valence-corrected chi connectivity index (χ0v) is 15.8. The summed E-state index contributed by atoms with van der Waals surface area (Å²) in [6.45, 7) is 5.86. The van der Waals surface area contributed by atoms with E-state index < -0.39 is 0 Å². The summed E-state index contributed by atoms with van der Waals surface area (Å²) in [5.41, 5.74) is 2.60. The maximum atomic E-state index is 13.1. The third kappa shape index (κ3) is 3.37. The predicted octanol–water partition coefficient (Wildman–Crippen LogP) is 5.07. The Morgan fingerprint density at radius 3 is 2.28 bits per heavy atom. The number of hydrogen-bond donors (Lipinski definition) is 0. The summed E-state index contributed by atoms with van der Waals surface area (Å²) in [4.78, 5) is 28.0. The molecule has 0 bridgehead atoms. The Bertz CT molecular complexity index is 875. The maximum Gasteiger partial charge on any atom is 0.272 e. The van der Waals surface area contributed by atoms with Gasteiger partial charge in [0.25, 0.3) is 11.8 Å². The van der Waals surface area contributed by atoms with Crippen LogP contribution in [0.2, 0.25) is 5.02 Å². The number of aryl methyl sites for hydroxylation is 1. The molecular weight excluding hydrogens is 354 g/mol. The molecule has 0 aromatic heterocycles. The number of thioether (sulfide) groups is 1. The molecule has 0 unspecified atom stereocenters. The first-order chi connectivity index (χ1) is 11.9. The molecule has 0 atom stereocenters. The molecule has 0 saturated heterocycles. The van der Waals surface area contributed by atoms with E-state index in [1.165, 1.54) is 16.7 Å². The second kappa shape index (κ2) is 7.06. The summed E-state index contributed by atoms with van der Waals surface area (Å²) in [6.07, 6.45) is 0.